The Labute approximate surface area is 146 Å². The first kappa shape index (κ1) is 20.2. The van der Waals surface area contributed by atoms with Gasteiger partial charge < -0.3 is 15.5 Å². The Balaban J connectivity index is 0.00000264. The van der Waals surface area contributed by atoms with Crippen LogP contribution in [0.3, 0.4) is 0 Å². The van der Waals surface area contributed by atoms with Gasteiger partial charge in [0.15, 0.2) is 0 Å². The zero-order valence-electron chi connectivity index (χ0n) is 14.7. The van der Waals surface area contributed by atoms with Gasteiger partial charge in [-0.1, -0.05) is 20.8 Å². The first-order chi connectivity index (χ1) is 10.4. The lowest BCUT2D eigenvalue weighted by Crippen LogP contribution is -2.48. The van der Waals surface area contributed by atoms with Crippen LogP contribution in [0.5, 0.6) is 0 Å². The third-order valence-electron chi connectivity index (χ3n) is 4.74. The van der Waals surface area contributed by atoms with Gasteiger partial charge in [0, 0.05) is 25.0 Å². The molecule has 2 amide bonds. The topological polar surface area (TPSA) is 61.4 Å². The van der Waals surface area contributed by atoms with Crippen LogP contribution in [0.15, 0.2) is 0 Å². The molecule has 0 spiro atoms. The van der Waals surface area contributed by atoms with Crippen LogP contribution in [0.1, 0.15) is 46.5 Å². The fourth-order valence-electron chi connectivity index (χ4n) is 3.35. The number of nitrogens with one attached hydrogen (secondary N) is 2. The predicted molar refractivity (Wildman–Crippen MR) is 94.6 cm³/mol. The van der Waals surface area contributed by atoms with Gasteiger partial charge in [-0.3, -0.25) is 9.59 Å². The van der Waals surface area contributed by atoms with Crippen LogP contribution in [0.2, 0.25) is 0 Å². The van der Waals surface area contributed by atoms with E-state index in [0.29, 0.717) is 12.5 Å². The lowest BCUT2D eigenvalue weighted by molar-refractivity contribution is -0.142. The molecule has 2 N–H and O–H groups in total. The Bertz CT molecular complexity index is 403. The maximum atomic E-state index is 12.4. The molecule has 0 aromatic heterocycles. The van der Waals surface area contributed by atoms with Crippen molar-refractivity contribution in [3.8, 4) is 0 Å². The summed E-state index contributed by atoms with van der Waals surface area (Å²) in [4.78, 5) is 26.6. The number of halogens is 1. The van der Waals surface area contributed by atoms with Crippen molar-refractivity contribution >= 4 is 24.2 Å². The van der Waals surface area contributed by atoms with Gasteiger partial charge in [-0.05, 0) is 44.7 Å². The van der Waals surface area contributed by atoms with E-state index in [-0.39, 0.29) is 35.6 Å². The minimum absolute atomic E-state index is 0. The number of piperidine rings is 1. The van der Waals surface area contributed by atoms with Crippen LogP contribution in [-0.4, -0.2) is 49.4 Å². The van der Waals surface area contributed by atoms with E-state index in [0.717, 1.165) is 45.4 Å². The quantitative estimate of drug-likeness (QED) is 0.816. The van der Waals surface area contributed by atoms with E-state index in [1.807, 2.05) is 25.7 Å². The molecule has 0 bridgehead atoms. The lowest BCUT2D eigenvalue weighted by atomic mass is 9.91. The summed E-state index contributed by atoms with van der Waals surface area (Å²) in [6, 6.07) is 0. The lowest BCUT2D eigenvalue weighted by Gasteiger charge is -2.35. The fraction of sp³-hybridized carbons (Fsp3) is 0.882. The average molecular weight is 346 g/mol. The number of rotatable bonds is 4. The van der Waals surface area contributed by atoms with Gasteiger partial charge in [0.25, 0.3) is 0 Å². The zero-order chi connectivity index (χ0) is 16.2. The molecule has 5 nitrogen and oxygen atoms in total. The number of carbonyl (C=O) groups excluding carboxylic acids is 2. The Kier molecular flexibility index (Phi) is 7.81. The molecule has 23 heavy (non-hydrogen) atoms. The predicted octanol–water partition coefficient (Wildman–Crippen LogP) is 1.81. The van der Waals surface area contributed by atoms with Crippen LogP contribution in [0, 0.1) is 17.3 Å². The molecular weight excluding hydrogens is 314 g/mol. The third kappa shape index (κ3) is 5.96. The number of hydrogen-bond acceptors (Lipinski definition) is 3. The second-order valence-electron chi connectivity index (χ2n) is 7.78. The van der Waals surface area contributed by atoms with Crippen LogP contribution in [-0.2, 0) is 9.59 Å². The SMILES string of the molecule is CC(C)(C)C(=O)N1CCCC(C(=O)NCCC2CCNC2)C1.Cl. The fourth-order valence-corrected chi connectivity index (χ4v) is 3.35. The summed E-state index contributed by atoms with van der Waals surface area (Å²) >= 11 is 0. The molecule has 2 rings (SSSR count). The maximum absolute atomic E-state index is 12.4. The van der Waals surface area contributed by atoms with E-state index >= 15 is 0 Å². The molecule has 0 saturated carbocycles. The minimum atomic E-state index is -0.367. The summed E-state index contributed by atoms with van der Waals surface area (Å²) in [5.74, 6) is 0.937. The molecule has 6 heteroatoms. The van der Waals surface area contributed by atoms with Gasteiger partial charge in [-0.25, -0.2) is 0 Å². The molecule has 134 valence electrons. The second-order valence-corrected chi connectivity index (χ2v) is 7.78. The summed E-state index contributed by atoms with van der Waals surface area (Å²) in [6.07, 6.45) is 4.08. The van der Waals surface area contributed by atoms with Gasteiger partial charge in [0.1, 0.15) is 0 Å². The Morgan fingerprint density at radius 2 is 2.00 bits per heavy atom. The molecular formula is C17H32ClN3O2. The third-order valence-corrected chi connectivity index (χ3v) is 4.74. The Hall–Kier alpha value is -0.810. The first-order valence-corrected chi connectivity index (χ1v) is 8.65. The van der Waals surface area contributed by atoms with Crippen molar-refractivity contribution in [2.24, 2.45) is 17.3 Å². The smallest absolute Gasteiger partial charge is 0.227 e. The number of hydrogen-bond donors (Lipinski definition) is 2. The van der Waals surface area contributed by atoms with Crippen molar-refractivity contribution in [3.63, 3.8) is 0 Å². The molecule has 2 aliphatic rings. The molecule has 0 aromatic rings. The van der Waals surface area contributed by atoms with E-state index in [9.17, 15) is 9.59 Å². The number of nitrogens with zero attached hydrogens (tertiary/aromatic N) is 1. The van der Waals surface area contributed by atoms with E-state index in [1.165, 1.54) is 6.42 Å². The van der Waals surface area contributed by atoms with Gasteiger partial charge in [0.2, 0.25) is 11.8 Å². The van der Waals surface area contributed by atoms with Gasteiger partial charge >= 0.3 is 0 Å². The zero-order valence-corrected chi connectivity index (χ0v) is 15.5. The minimum Gasteiger partial charge on any atom is -0.356 e. The van der Waals surface area contributed by atoms with Crippen LogP contribution in [0.4, 0.5) is 0 Å². The Morgan fingerprint density at radius 3 is 2.61 bits per heavy atom. The highest BCUT2D eigenvalue weighted by Gasteiger charge is 2.33. The van der Waals surface area contributed by atoms with Gasteiger partial charge in [-0.15, -0.1) is 12.4 Å². The number of likely N-dealkylation sites (tertiary alicyclic amines) is 1. The second kappa shape index (κ2) is 8.88. The highest BCUT2D eigenvalue weighted by Crippen LogP contribution is 2.23. The number of carbonyl (C=O) groups is 2. The molecule has 2 fully saturated rings. The summed E-state index contributed by atoms with van der Waals surface area (Å²) in [6.45, 7) is 10.1. The molecule has 2 atom stereocenters. The standard InChI is InChI=1S/C17H31N3O2.ClH/c1-17(2,3)16(22)20-10-4-5-14(12-20)15(21)19-9-7-13-6-8-18-11-13;/h13-14,18H,4-12H2,1-3H3,(H,19,21);1H. The largest absolute Gasteiger partial charge is 0.356 e. The van der Waals surface area contributed by atoms with Gasteiger partial charge in [0.05, 0.1) is 5.92 Å². The first-order valence-electron chi connectivity index (χ1n) is 8.65. The monoisotopic (exact) mass is 345 g/mol. The van der Waals surface area contributed by atoms with Crippen molar-refractivity contribution in [3.05, 3.63) is 0 Å². The molecule has 0 radical (unpaired) electrons. The summed E-state index contributed by atoms with van der Waals surface area (Å²) in [5, 5.41) is 6.42. The number of amides is 2. The molecule has 0 aromatic carbocycles. The van der Waals surface area contributed by atoms with E-state index < -0.39 is 0 Å². The van der Waals surface area contributed by atoms with Crippen LogP contribution >= 0.6 is 12.4 Å². The molecule has 2 unspecified atom stereocenters. The molecule has 2 saturated heterocycles. The summed E-state index contributed by atoms with van der Waals surface area (Å²) < 4.78 is 0. The summed E-state index contributed by atoms with van der Waals surface area (Å²) in [5.41, 5.74) is -0.367. The summed E-state index contributed by atoms with van der Waals surface area (Å²) in [7, 11) is 0. The molecule has 0 aliphatic carbocycles. The molecule has 2 heterocycles. The van der Waals surface area contributed by atoms with Crippen molar-refractivity contribution in [2.45, 2.75) is 46.5 Å². The van der Waals surface area contributed by atoms with E-state index in [1.54, 1.807) is 0 Å². The average Bonchev–Trinajstić information content (AvgIpc) is 2.99. The van der Waals surface area contributed by atoms with Crippen molar-refractivity contribution in [1.29, 1.82) is 0 Å². The Morgan fingerprint density at radius 1 is 1.26 bits per heavy atom. The highest BCUT2D eigenvalue weighted by molar-refractivity contribution is 5.85. The normalized spacial score (nSPS) is 24.9. The van der Waals surface area contributed by atoms with Crippen molar-refractivity contribution in [1.82, 2.24) is 15.5 Å². The van der Waals surface area contributed by atoms with Crippen molar-refractivity contribution in [2.75, 3.05) is 32.7 Å². The maximum Gasteiger partial charge on any atom is 0.227 e. The highest BCUT2D eigenvalue weighted by atomic mass is 35.5. The van der Waals surface area contributed by atoms with Gasteiger partial charge in [-0.2, -0.15) is 0 Å². The van der Waals surface area contributed by atoms with E-state index in [4.69, 9.17) is 0 Å². The van der Waals surface area contributed by atoms with E-state index in [2.05, 4.69) is 10.6 Å². The molecule has 2 aliphatic heterocycles. The van der Waals surface area contributed by atoms with Crippen molar-refractivity contribution < 1.29 is 9.59 Å². The van der Waals surface area contributed by atoms with Crippen LogP contribution < -0.4 is 10.6 Å². The van der Waals surface area contributed by atoms with Crippen LogP contribution in [0.25, 0.3) is 0 Å².